The first-order chi connectivity index (χ1) is 10.4. The Morgan fingerprint density at radius 3 is 2.81 bits per heavy atom. The Morgan fingerprint density at radius 2 is 1.95 bits per heavy atom. The molecule has 0 fully saturated rings. The van der Waals surface area contributed by atoms with Crippen molar-refractivity contribution >= 4 is 5.82 Å². The van der Waals surface area contributed by atoms with Crippen LogP contribution in [0, 0.1) is 11.3 Å². The summed E-state index contributed by atoms with van der Waals surface area (Å²) in [4.78, 5) is 8.08. The molecule has 106 valence electrons. The van der Waals surface area contributed by atoms with Crippen molar-refractivity contribution in [1.29, 1.82) is 5.26 Å². The number of nitrogens with one attached hydrogen (secondary N) is 1. The van der Waals surface area contributed by atoms with Gasteiger partial charge >= 0.3 is 0 Å². The summed E-state index contributed by atoms with van der Waals surface area (Å²) in [6.07, 6.45) is 3.93. The fraction of sp³-hybridized carbons (Fsp3) is 0.267. The molecule has 0 radical (unpaired) electrons. The number of nitriles is 1. The van der Waals surface area contributed by atoms with Crippen LogP contribution in [0.1, 0.15) is 17.7 Å². The van der Waals surface area contributed by atoms with Crippen LogP contribution in [0.2, 0.25) is 0 Å². The van der Waals surface area contributed by atoms with E-state index in [-0.39, 0.29) is 5.69 Å². The van der Waals surface area contributed by atoms with Gasteiger partial charge in [-0.3, -0.25) is 0 Å². The van der Waals surface area contributed by atoms with Crippen molar-refractivity contribution in [3.63, 3.8) is 0 Å². The second-order valence-electron chi connectivity index (χ2n) is 4.55. The summed E-state index contributed by atoms with van der Waals surface area (Å²) in [6.45, 7) is 1.87. The van der Waals surface area contributed by atoms with Gasteiger partial charge in [-0.25, -0.2) is 9.97 Å². The van der Waals surface area contributed by atoms with Crippen molar-refractivity contribution in [2.45, 2.75) is 13.0 Å². The van der Waals surface area contributed by atoms with Crippen LogP contribution < -0.4 is 14.8 Å². The van der Waals surface area contributed by atoms with E-state index in [1.807, 2.05) is 24.3 Å². The first-order valence-electron chi connectivity index (χ1n) is 6.70. The van der Waals surface area contributed by atoms with Crippen LogP contribution in [0.3, 0.4) is 0 Å². The van der Waals surface area contributed by atoms with E-state index < -0.39 is 0 Å². The lowest BCUT2D eigenvalue weighted by Crippen LogP contribution is -2.04. The predicted octanol–water partition coefficient (Wildman–Crippen LogP) is 2.12. The Labute approximate surface area is 122 Å². The largest absolute Gasteiger partial charge is 0.490 e. The molecule has 6 nitrogen and oxygen atoms in total. The lowest BCUT2D eigenvalue weighted by Gasteiger charge is -2.10. The van der Waals surface area contributed by atoms with Gasteiger partial charge in [0.25, 0.3) is 0 Å². The molecule has 0 spiro atoms. The Balaban J connectivity index is 1.74. The zero-order valence-corrected chi connectivity index (χ0v) is 11.4. The minimum atomic E-state index is 0.284. The van der Waals surface area contributed by atoms with Crippen molar-refractivity contribution in [2.24, 2.45) is 0 Å². The quantitative estimate of drug-likeness (QED) is 0.928. The Morgan fingerprint density at radius 1 is 1.14 bits per heavy atom. The summed E-state index contributed by atoms with van der Waals surface area (Å²) in [7, 11) is 0. The fourth-order valence-electron chi connectivity index (χ4n) is 2.05. The maximum Gasteiger partial charge on any atom is 0.182 e. The normalized spacial score (nSPS) is 13.1. The molecule has 2 heterocycles. The van der Waals surface area contributed by atoms with Gasteiger partial charge in [-0.2, -0.15) is 5.26 Å². The van der Waals surface area contributed by atoms with Crippen LogP contribution in [0.4, 0.5) is 5.82 Å². The number of hydrogen-bond donors (Lipinski definition) is 1. The molecular formula is C15H14N4O2. The van der Waals surface area contributed by atoms with Crippen LogP contribution in [-0.4, -0.2) is 23.2 Å². The van der Waals surface area contributed by atoms with Crippen molar-refractivity contribution in [2.75, 3.05) is 18.5 Å². The molecule has 1 aliphatic heterocycles. The first kappa shape index (κ1) is 13.2. The molecule has 1 aliphatic rings. The summed E-state index contributed by atoms with van der Waals surface area (Å²) in [5, 5.41) is 12.1. The number of hydrogen-bond acceptors (Lipinski definition) is 6. The van der Waals surface area contributed by atoms with Crippen LogP contribution in [-0.2, 0) is 6.54 Å². The smallest absolute Gasteiger partial charge is 0.182 e. The highest BCUT2D eigenvalue weighted by molar-refractivity contribution is 5.48. The van der Waals surface area contributed by atoms with Gasteiger partial charge in [0.2, 0.25) is 0 Å². The Bertz CT molecular complexity index is 682. The SMILES string of the molecule is N#Cc1nccnc1NCc1ccc2c(c1)OCCCO2. The highest BCUT2D eigenvalue weighted by Gasteiger charge is 2.11. The van der Waals surface area contributed by atoms with Crippen molar-refractivity contribution in [3.05, 3.63) is 41.9 Å². The van der Waals surface area contributed by atoms with Gasteiger partial charge in [0.15, 0.2) is 23.0 Å². The van der Waals surface area contributed by atoms with E-state index >= 15 is 0 Å². The number of anilines is 1. The van der Waals surface area contributed by atoms with Crippen molar-refractivity contribution in [3.8, 4) is 17.6 Å². The molecule has 1 aromatic heterocycles. The number of rotatable bonds is 3. The maximum absolute atomic E-state index is 8.98. The van der Waals surface area contributed by atoms with Gasteiger partial charge in [-0.15, -0.1) is 0 Å². The number of ether oxygens (including phenoxy) is 2. The molecule has 3 rings (SSSR count). The molecule has 0 unspecified atom stereocenters. The third-order valence-electron chi connectivity index (χ3n) is 3.08. The standard InChI is InChI=1S/C15H14N4O2/c16-9-12-15(18-5-4-17-12)19-10-11-2-3-13-14(8-11)21-7-1-6-20-13/h2-5,8H,1,6-7,10H2,(H,18,19). The van der Waals surface area contributed by atoms with E-state index in [4.69, 9.17) is 14.7 Å². The molecule has 0 amide bonds. The molecule has 1 aromatic carbocycles. The molecule has 2 aromatic rings. The molecule has 0 saturated heterocycles. The molecule has 1 N–H and O–H groups in total. The van der Waals surface area contributed by atoms with E-state index in [0.29, 0.717) is 25.6 Å². The van der Waals surface area contributed by atoms with Gasteiger partial charge in [0.05, 0.1) is 13.2 Å². The van der Waals surface area contributed by atoms with Gasteiger partial charge in [-0.1, -0.05) is 6.07 Å². The second kappa shape index (κ2) is 6.09. The highest BCUT2D eigenvalue weighted by Crippen LogP contribution is 2.30. The van der Waals surface area contributed by atoms with Crippen LogP contribution in [0.5, 0.6) is 11.5 Å². The van der Waals surface area contributed by atoms with E-state index in [0.717, 1.165) is 23.5 Å². The van der Waals surface area contributed by atoms with Crippen LogP contribution >= 0.6 is 0 Å². The molecule has 0 atom stereocenters. The summed E-state index contributed by atoms with van der Waals surface area (Å²) in [6, 6.07) is 7.81. The Kier molecular flexibility index (Phi) is 3.83. The molecule has 21 heavy (non-hydrogen) atoms. The third kappa shape index (κ3) is 3.03. The van der Waals surface area contributed by atoms with Gasteiger partial charge in [0.1, 0.15) is 6.07 Å². The monoisotopic (exact) mass is 282 g/mol. The van der Waals surface area contributed by atoms with E-state index in [1.54, 1.807) is 6.20 Å². The number of aromatic nitrogens is 2. The summed E-state index contributed by atoms with van der Waals surface area (Å²) >= 11 is 0. The first-order valence-corrected chi connectivity index (χ1v) is 6.70. The summed E-state index contributed by atoms with van der Waals surface area (Å²) in [5.74, 6) is 2.01. The lowest BCUT2D eigenvalue weighted by molar-refractivity contribution is 0.297. The third-order valence-corrected chi connectivity index (χ3v) is 3.08. The van der Waals surface area contributed by atoms with E-state index in [9.17, 15) is 0 Å². The maximum atomic E-state index is 8.98. The van der Waals surface area contributed by atoms with Gasteiger partial charge < -0.3 is 14.8 Å². The molecule has 6 heteroatoms. The van der Waals surface area contributed by atoms with Crippen molar-refractivity contribution < 1.29 is 9.47 Å². The number of benzene rings is 1. The van der Waals surface area contributed by atoms with Gasteiger partial charge in [0, 0.05) is 25.4 Å². The molecular weight excluding hydrogens is 268 g/mol. The van der Waals surface area contributed by atoms with Crippen LogP contribution in [0.15, 0.2) is 30.6 Å². The summed E-state index contributed by atoms with van der Waals surface area (Å²) < 4.78 is 11.2. The minimum Gasteiger partial charge on any atom is -0.490 e. The lowest BCUT2D eigenvalue weighted by atomic mass is 10.2. The fourth-order valence-corrected chi connectivity index (χ4v) is 2.05. The Hall–Kier alpha value is -2.81. The van der Waals surface area contributed by atoms with E-state index in [2.05, 4.69) is 15.3 Å². The topological polar surface area (TPSA) is 80.1 Å². The average Bonchev–Trinajstić information content (AvgIpc) is 2.78. The minimum absolute atomic E-state index is 0.284. The van der Waals surface area contributed by atoms with Crippen molar-refractivity contribution in [1.82, 2.24) is 9.97 Å². The molecule has 0 saturated carbocycles. The zero-order valence-electron chi connectivity index (χ0n) is 11.4. The second-order valence-corrected chi connectivity index (χ2v) is 4.55. The summed E-state index contributed by atoms with van der Waals surface area (Å²) in [5.41, 5.74) is 1.31. The highest BCUT2D eigenvalue weighted by atomic mass is 16.5. The van der Waals surface area contributed by atoms with Gasteiger partial charge in [-0.05, 0) is 17.7 Å². The number of nitrogens with zero attached hydrogens (tertiary/aromatic N) is 3. The zero-order chi connectivity index (χ0) is 14.5. The molecule has 0 aliphatic carbocycles. The number of fused-ring (bicyclic) bond motifs is 1. The van der Waals surface area contributed by atoms with E-state index in [1.165, 1.54) is 6.20 Å². The predicted molar refractivity (Wildman–Crippen MR) is 76.1 cm³/mol. The van der Waals surface area contributed by atoms with Crippen LogP contribution in [0.25, 0.3) is 0 Å². The average molecular weight is 282 g/mol. The molecule has 0 bridgehead atoms.